The number of halogens is 6. The number of fused-ring (bicyclic) bond motifs is 1. The highest BCUT2D eigenvalue weighted by molar-refractivity contribution is 7.91. The fraction of sp³-hybridized carbons (Fsp3) is 0.381. The van der Waals surface area contributed by atoms with E-state index in [1.165, 1.54) is 27.7 Å². The van der Waals surface area contributed by atoms with Crippen molar-refractivity contribution in [2.45, 2.75) is 50.5 Å². The Morgan fingerprint density at radius 3 is 2.00 bits per heavy atom. The summed E-state index contributed by atoms with van der Waals surface area (Å²) < 4.78 is 111. The smallest absolute Gasteiger partial charge is 0.419 e. The molecule has 35 heavy (non-hydrogen) atoms. The first-order valence-corrected chi connectivity index (χ1v) is 11.6. The van der Waals surface area contributed by atoms with Gasteiger partial charge in [-0.1, -0.05) is 6.92 Å². The van der Waals surface area contributed by atoms with Crippen LogP contribution in [-0.4, -0.2) is 40.4 Å². The summed E-state index contributed by atoms with van der Waals surface area (Å²) in [6, 6.07) is 2.03. The number of nitrogens with zero attached hydrogens (tertiary/aromatic N) is 3. The van der Waals surface area contributed by atoms with Gasteiger partial charge in [-0.15, -0.1) is 0 Å². The largest absolute Gasteiger partial charge is 0.443 e. The molecule has 190 valence electrons. The Balaban J connectivity index is 2.43. The molecule has 0 saturated heterocycles. The van der Waals surface area contributed by atoms with Crippen LogP contribution in [0.4, 0.5) is 31.1 Å². The van der Waals surface area contributed by atoms with Gasteiger partial charge >= 0.3 is 18.4 Å². The first-order valence-electron chi connectivity index (χ1n) is 9.97. The van der Waals surface area contributed by atoms with Gasteiger partial charge in [0.1, 0.15) is 11.3 Å². The third kappa shape index (κ3) is 5.41. The number of hydrogen-bond acceptors (Lipinski definition) is 6. The second-order valence-electron chi connectivity index (χ2n) is 8.44. The van der Waals surface area contributed by atoms with E-state index in [9.17, 15) is 39.6 Å². The molecule has 0 bridgehead atoms. The van der Waals surface area contributed by atoms with E-state index in [1.54, 1.807) is 0 Å². The molecule has 3 aromatic rings. The number of carbonyl (C=O) groups excluding carboxylic acids is 1. The summed E-state index contributed by atoms with van der Waals surface area (Å²) in [4.78, 5) is 19.5. The molecule has 14 heteroatoms. The standard InChI is InChI=1S/C21H19F6N3O4S/c1-5-35(32,33)16-7-12(21(25,26)27)10-29-17(16)15-8-13-14(6-11(9-28-13)20(22,23)24)30(15)18(31)34-19(2,3)4/h6-10H,5H2,1-4H3. The summed E-state index contributed by atoms with van der Waals surface area (Å²) in [5, 5.41) is 0. The normalized spacial score (nSPS) is 13.3. The van der Waals surface area contributed by atoms with Crippen molar-refractivity contribution < 1.29 is 44.3 Å². The third-order valence-corrected chi connectivity index (χ3v) is 6.44. The fourth-order valence-corrected chi connectivity index (χ4v) is 4.17. The highest BCUT2D eigenvalue weighted by Crippen LogP contribution is 2.37. The zero-order chi connectivity index (χ0) is 26.6. The molecule has 7 nitrogen and oxygen atoms in total. The minimum Gasteiger partial charge on any atom is -0.443 e. The third-order valence-electron chi connectivity index (χ3n) is 4.69. The molecule has 0 spiro atoms. The van der Waals surface area contributed by atoms with Crippen LogP contribution in [0, 0.1) is 0 Å². The number of ether oxygens (including phenoxy) is 1. The molecule has 0 amide bonds. The van der Waals surface area contributed by atoms with Gasteiger partial charge in [0.25, 0.3) is 0 Å². The molecule has 0 radical (unpaired) electrons. The molecule has 0 aliphatic heterocycles. The molecule has 0 N–H and O–H groups in total. The molecular formula is C21H19F6N3O4S. The number of aromatic nitrogens is 3. The van der Waals surface area contributed by atoms with Crippen molar-refractivity contribution in [1.82, 2.24) is 14.5 Å². The van der Waals surface area contributed by atoms with Gasteiger partial charge in [-0.3, -0.25) is 9.97 Å². The molecule has 3 aromatic heterocycles. The number of hydrogen-bond donors (Lipinski definition) is 0. The van der Waals surface area contributed by atoms with Crippen LogP contribution in [0.2, 0.25) is 0 Å². The van der Waals surface area contributed by atoms with Crippen LogP contribution in [0.3, 0.4) is 0 Å². The van der Waals surface area contributed by atoms with Crippen molar-refractivity contribution in [3.63, 3.8) is 0 Å². The Hall–Kier alpha value is -3.16. The lowest BCUT2D eigenvalue weighted by Gasteiger charge is -2.21. The summed E-state index contributed by atoms with van der Waals surface area (Å²) in [5.74, 6) is -0.605. The van der Waals surface area contributed by atoms with E-state index in [0.717, 1.165) is 6.07 Å². The summed E-state index contributed by atoms with van der Waals surface area (Å²) in [7, 11) is -4.33. The van der Waals surface area contributed by atoms with E-state index < -0.39 is 72.6 Å². The molecular weight excluding hydrogens is 504 g/mol. The lowest BCUT2D eigenvalue weighted by atomic mass is 10.2. The van der Waals surface area contributed by atoms with E-state index in [2.05, 4.69) is 9.97 Å². The van der Waals surface area contributed by atoms with Gasteiger partial charge in [-0.2, -0.15) is 26.3 Å². The van der Waals surface area contributed by atoms with E-state index >= 15 is 0 Å². The van der Waals surface area contributed by atoms with E-state index in [0.29, 0.717) is 29.1 Å². The average molecular weight is 523 g/mol. The molecule has 0 unspecified atom stereocenters. The summed E-state index contributed by atoms with van der Waals surface area (Å²) in [5.41, 5.74) is -5.22. The number of carbonyl (C=O) groups is 1. The Morgan fingerprint density at radius 2 is 1.49 bits per heavy atom. The topological polar surface area (TPSA) is 91.1 Å². The van der Waals surface area contributed by atoms with Crippen LogP contribution < -0.4 is 0 Å². The Bertz CT molecular complexity index is 1400. The second kappa shape index (κ2) is 8.50. The van der Waals surface area contributed by atoms with E-state index in [1.807, 2.05) is 0 Å². The fourth-order valence-electron chi connectivity index (χ4n) is 3.10. The van der Waals surface area contributed by atoms with Crippen LogP contribution in [0.15, 0.2) is 35.5 Å². The molecule has 3 rings (SSSR count). The number of pyridine rings is 2. The van der Waals surface area contributed by atoms with Gasteiger partial charge in [0, 0.05) is 12.4 Å². The maximum Gasteiger partial charge on any atom is 0.419 e. The second-order valence-corrected chi connectivity index (χ2v) is 10.7. The molecule has 0 atom stereocenters. The highest BCUT2D eigenvalue weighted by Gasteiger charge is 2.36. The van der Waals surface area contributed by atoms with Gasteiger partial charge in [0.05, 0.1) is 38.5 Å². The molecule has 0 aliphatic carbocycles. The van der Waals surface area contributed by atoms with Crippen molar-refractivity contribution >= 4 is 27.0 Å². The lowest BCUT2D eigenvalue weighted by Crippen LogP contribution is -2.27. The summed E-state index contributed by atoms with van der Waals surface area (Å²) in [6.07, 6.45) is -10.1. The average Bonchev–Trinajstić information content (AvgIpc) is 3.09. The van der Waals surface area contributed by atoms with Crippen LogP contribution >= 0.6 is 0 Å². The van der Waals surface area contributed by atoms with Gasteiger partial charge < -0.3 is 4.74 Å². The Labute approximate surface area is 195 Å². The number of alkyl halides is 6. The maximum atomic E-state index is 13.3. The summed E-state index contributed by atoms with van der Waals surface area (Å²) in [6.45, 7) is 5.65. The Morgan fingerprint density at radius 1 is 0.943 bits per heavy atom. The summed E-state index contributed by atoms with van der Waals surface area (Å²) >= 11 is 0. The van der Waals surface area contributed by atoms with Crippen molar-refractivity contribution in [1.29, 1.82) is 0 Å². The number of rotatable bonds is 3. The number of sulfone groups is 1. The first kappa shape index (κ1) is 26.4. The van der Waals surface area contributed by atoms with E-state index in [-0.39, 0.29) is 5.52 Å². The predicted molar refractivity (Wildman–Crippen MR) is 112 cm³/mol. The molecule has 3 heterocycles. The molecule has 0 aliphatic rings. The van der Waals surface area contributed by atoms with Crippen LogP contribution in [0.25, 0.3) is 22.4 Å². The SMILES string of the molecule is CCS(=O)(=O)c1cc(C(F)(F)F)cnc1-c1cc2ncc(C(F)(F)F)cc2n1C(=O)OC(C)(C)C. The predicted octanol–water partition coefficient (Wildman–Crippen LogP) is 5.71. The van der Waals surface area contributed by atoms with Crippen molar-refractivity contribution in [2.75, 3.05) is 5.75 Å². The maximum absolute atomic E-state index is 13.3. The minimum absolute atomic E-state index is 0.166. The van der Waals surface area contributed by atoms with Crippen LogP contribution in [-0.2, 0) is 26.9 Å². The highest BCUT2D eigenvalue weighted by atomic mass is 32.2. The Kier molecular flexibility index (Phi) is 6.42. The zero-order valence-electron chi connectivity index (χ0n) is 18.7. The van der Waals surface area contributed by atoms with Crippen molar-refractivity contribution in [2.24, 2.45) is 0 Å². The van der Waals surface area contributed by atoms with E-state index in [4.69, 9.17) is 4.74 Å². The first-order chi connectivity index (χ1) is 15.8. The van der Waals surface area contributed by atoms with Crippen molar-refractivity contribution in [3.05, 3.63) is 41.7 Å². The van der Waals surface area contributed by atoms with Gasteiger partial charge in [0.15, 0.2) is 9.84 Å². The van der Waals surface area contributed by atoms with Gasteiger partial charge in [-0.05, 0) is 39.0 Å². The minimum atomic E-state index is -4.93. The van der Waals surface area contributed by atoms with Crippen molar-refractivity contribution in [3.8, 4) is 11.4 Å². The van der Waals surface area contributed by atoms with Gasteiger partial charge in [-0.25, -0.2) is 17.8 Å². The molecule has 0 saturated carbocycles. The molecule has 0 aromatic carbocycles. The zero-order valence-corrected chi connectivity index (χ0v) is 19.6. The van der Waals surface area contributed by atoms with Gasteiger partial charge in [0.2, 0.25) is 0 Å². The monoisotopic (exact) mass is 523 g/mol. The molecule has 0 fully saturated rings. The lowest BCUT2D eigenvalue weighted by molar-refractivity contribution is -0.138. The van der Waals surface area contributed by atoms with Crippen LogP contribution in [0.5, 0.6) is 0 Å². The van der Waals surface area contributed by atoms with Crippen LogP contribution in [0.1, 0.15) is 38.8 Å². The quantitative estimate of drug-likeness (QED) is 0.409.